The summed E-state index contributed by atoms with van der Waals surface area (Å²) < 4.78 is 25.3. The lowest BCUT2D eigenvalue weighted by molar-refractivity contribution is 0.218. The van der Waals surface area contributed by atoms with E-state index in [9.17, 15) is 4.57 Å². The third kappa shape index (κ3) is 3.35. The molecule has 0 heterocycles. The molecule has 1 aromatic carbocycles. The molecule has 0 saturated carbocycles. The summed E-state index contributed by atoms with van der Waals surface area (Å²) in [5, 5.41) is 0. The average molecular weight is 271 g/mol. The smallest absolute Gasteiger partial charge is 0.292 e. The van der Waals surface area contributed by atoms with Crippen molar-refractivity contribution >= 4 is 13.4 Å². The Bertz CT molecular complexity index is 412. The van der Waals surface area contributed by atoms with Crippen molar-refractivity contribution in [1.29, 1.82) is 0 Å². The Morgan fingerprint density at radius 3 is 2.11 bits per heavy atom. The molecule has 18 heavy (non-hydrogen) atoms. The molecular formula is C13H22NO3P. The van der Waals surface area contributed by atoms with Gasteiger partial charge in [-0.1, -0.05) is 18.2 Å². The molecule has 0 radical (unpaired) electrons. The molecule has 1 aromatic rings. The summed E-state index contributed by atoms with van der Waals surface area (Å²) in [5.74, 6) is 0. The monoisotopic (exact) mass is 271 g/mol. The maximum absolute atomic E-state index is 12.8. The minimum atomic E-state index is -3.24. The lowest BCUT2D eigenvalue weighted by atomic mass is 10.2. The number of aryl methyl sites for hydroxylation is 1. The quantitative estimate of drug-likeness (QED) is 0.702. The topological polar surface area (TPSA) is 38.8 Å². The fraction of sp³-hybridized carbons (Fsp3) is 0.538. The van der Waals surface area contributed by atoms with Crippen molar-refractivity contribution in [3.8, 4) is 0 Å². The number of nitrogens with zero attached hydrogens (tertiary/aromatic N) is 1. The van der Waals surface area contributed by atoms with Crippen LogP contribution < -0.4 is 4.67 Å². The van der Waals surface area contributed by atoms with Crippen molar-refractivity contribution in [3.05, 3.63) is 29.8 Å². The van der Waals surface area contributed by atoms with Crippen molar-refractivity contribution in [1.82, 2.24) is 0 Å². The molecule has 0 aliphatic carbocycles. The van der Waals surface area contributed by atoms with Gasteiger partial charge in [0.2, 0.25) is 0 Å². The summed E-state index contributed by atoms with van der Waals surface area (Å²) in [5.41, 5.74) is 1.95. The molecule has 0 N–H and O–H groups in total. The van der Waals surface area contributed by atoms with Crippen molar-refractivity contribution in [2.75, 3.05) is 24.4 Å². The summed E-state index contributed by atoms with van der Waals surface area (Å²) in [4.78, 5) is 0. The maximum Gasteiger partial charge on any atom is 0.435 e. The summed E-state index contributed by atoms with van der Waals surface area (Å²) in [6.07, 6.45) is 0. The van der Waals surface area contributed by atoms with Crippen molar-refractivity contribution < 1.29 is 13.6 Å². The molecule has 0 fully saturated rings. The summed E-state index contributed by atoms with van der Waals surface area (Å²) in [7, 11) is -3.24. The van der Waals surface area contributed by atoms with E-state index in [1.807, 2.05) is 52.0 Å². The summed E-state index contributed by atoms with van der Waals surface area (Å²) in [6.45, 7) is 8.85. The van der Waals surface area contributed by atoms with Crippen LogP contribution in [0.4, 0.5) is 5.69 Å². The van der Waals surface area contributed by atoms with Gasteiger partial charge in [0, 0.05) is 12.2 Å². The first-order chi connectivity index (χ1) is 8.59. The van der Waals surface area contributed by atoms with Gasteiger partial charge in [-0.15, -0.1) is 0 Å². The van der Waals surface area contributed by atoms with Crippen molar-refractivity contribution in [2.24, 2.45) is 0 Å². The largest absolute Gasteiger partial charge is 0.435 e. The van der Waals surface area contributed by atoms with Crippen LogP contribution in [-0.2, 0) is 13.6 Å². The Morgan fingerprint density at radius 1 is 1.11 bits per heavy atom. The first-order valence-electron chi connectivity index (χ1n) is 6.31. The molecule has 0 aliphatic heterocycles. The fourth-order valence-electron chi connectivity index (χ4n) is 1.83. The van der Waals surface area contributed by atoms with E-state index in [1.165, 1.54) is 0 Å². The Balaban J connectivity index is 3.14. The van der Waals surface area contributed by atoms with Crippen LogP contribution in [-0.4, -0.2) is 19.8 Å². The van der Waals surface area contributed by atoms with Gasteiger partial charge in [0.25, 0.3) is 0 Å². The van der Waals surface area contributed by atoms with Gasteiger partial charge in [-0.05, 0) is 39.3 Å². The van der Waals surface area contributed by atoms with E-state index in [-0.39, 0.29) is 0 Å². The first-order valence-corrected chi connectivity index (χ1v) is 7.81. The second kappa shape index (κ2) is 6.93. The molecule has 0 saturated heterocycles. The predicted octanol–water partition coefficient (Wildman–Crippen LogP) is 4.00. The zero-order valence-corrected chi connectivity index (χ0v) is 12.4. The Kier molecular flexibility index (Phi) is 5.86. The summed E-state index contributed by atoms with van der Waals surface area (Å²) >= 11 is 0. The predicted molar refractivity (Wildman–Crippen MR) is 75.1 cm³/mol. The number of benzene rings is 1. The maximum atomic E-state index is 12.8. The van der Waals surface area contributed by atoms with Gasteiger partial charge >= 0.3 is 7.75 Å². The van der Waals surface area contributed by atoms with Gasteiger partial charge in [0.1, 0.15) is 0 Å². The van der Waals surface area contributed by atoms with Crippen LogP contribution in [0.2, 0.25) is 0 Å². The molecule has 0 aliphatic rings. The van der Waals surface area contributed by atoms with Crippen LogP contribution in [0.3, 0.4) is 0 Å². The van der Waals surface area contributed by atoms with E-state index in [2.05, 4.69) is 0 Å². The molecule has 0 aromatic heterocycles. The van der Waals surface area contributed by atoms with Crippen LogP contribution in [0.5, 0.6) is 0 Å². The van der Waals surface area contributed by atoms with E-state index in [1.54, 1.807) is 4.67 Å². The molecule has 0 bridgehead atoms. The lowest BCUT2D eigenvalue weighted by Crippen LogP contribution is -2.23. The second-order valence-corrected chi connectivity index (χ2v) is 5.74. The SMILES string of the molecule is CCOP(=O)(OCC)N(CC)c1ccccc1C. The standard InChI is InChI=1S/C13H22NO3P/c1-5-14(13-11-9-8-10-12(13)4)18(15,16-6-2)17-7-3/h8-11H,5-7H2,1-4H3. The third-order valence-electron chi connectivity index (χ3n) is 2.57. The molecule has 1 rings (SSSR count). The van der Waals surface area contributed by atoms with E-state index in [0.29, 0.717) is 19.8 Å². The van der Waals surface area contributed by atoms with Crippen LogP contribution in [0, 0.1) is 6.92 Å². The highest BCUT2D eigenvalue weighted by Crippen LogP contribution is 2.54. The number of rotatable bonds is 7. The molecular weight excluding hydrogens is 249 g/mol. The van der Waals surface area contributed by atoms with E-state index in [4.69, 9.17) is 9.05 Å². The highest BCUT2D eigenvalue weighted by molar-refractivity contribution is 7.55. The fourth-order valence-corrected chi connectivity index (χ4v) is 3.67. The molecule has 5 heteroatoms. The Morgan fingerprint density at radius 2 is 1.67 bits per heavy atom. The number of anilines is 1. The van der Waals surface area contributed by atoms with Crippen LogP contribution in [0.25, 0.3) is 0 Å². The van der Waals surface area contributed by atoms with Crippen molar-refractivity contribution in [3.63, 3.8) is 0 Å². The Hall–Kier alpha value is -0.830. The zero-order valence-electron chi connectivity index (χ0n) is 11.5. The number of para-hydroxylation sites is 1. The van der Waals surface area contributed by atoms with Crippen LogP contribution >= 0.6 is 7.75 Å². The van der Waals surface area contributed by atoms with Crippen LogP contribution in [0.15, 0.2) is 24.3 Å². The normalized spacial score (nSPS) is 11.6. The lowest BCUT2D eigenvalue weighted by Gasteiger charge is -2.31. The minimum absolute atomic E-state index is 0.361. The first kappa shape index (κ1) is 15.2. The molecule has 0 atom stereocenters. The van der Waals surface area contributed by atoms with Gasteiger partial charge < -0.3 is 0 Å². The minimum Gasteiger partial charge on any atom is -0.292 e. The molecule has 0 unspecified atom stereocenters. The zero-order chi connectivity index (χ0) is 13.6. The Labute approximate surface area is 109 Å². The van der Waals surface area contributed by atoms with E-state index >= 15 is 0 Å². The highest BCUT2D eigenvalue weighted by Gasteiger charge is 2.32. The van der Waals surface area contributed by atoms with Crippen molar-refractivity contribution in [2.45, 2.75) is 27.7 Å². The summed E-state index contributed by atoms with van der Waals surface area (Å²) in [6, 6.07) is 7.80. The van der Waals surface area contributed by atoms with E-state index < -0.39 is 7.75 Å². The molecule has 0 spiro atoms. The average Bonchev–Trinajstić information content (AvgIpc) is 2.33. The van der Waals surface area contributed by atoms with Crippen LogP contribution in [0.1, 0.15) is 26.3 Å². The second-order valence-electron chi connectivity index (χ2n) is 3.81. The van der Waals surface area contributed by atoms with E-state index in [0.717, 1.165) is 11.3 Å². The van der Waals surface area contributed by atoms with Gasteiger partial charge in [-0.3, -0.25) is 13.7 Å². The molecule has 102 valence electrons. The molecule has 0 amide bonds. The number of hydrogen-bond acceptors (Lipinski definition) is 3. The van der Waals surface area contributed by atoms with Gasteiger partial charge in [-0.2, -0.15) is 0 Å². The van der Waals surface area contributed by atoms with Gasteiger partial charge in [0.15, 0.2) is 0 Å². The molecule has 4 nitrogen and oxygen atoms in total. The third-order valence-corrected chi connectivity index (χ3v) is 4.83. The number of hydrogen-bond donors (Lipinski definition) is 0. The van der Waals surface area contributed by atoms with Gasteiger partial charge in [-0.25, -0.2) is 4.57 Å². The van der Waals surface area contributed by atoms with Gasteiger partial charge in [0.05, 0.1) is 13.2 Å². The highest BCUT2D eigenvalue weighted by atomic mass is 31.2.